The summed E-state index contributed by atoms with van der Waals surface area (Å²) in [6.45, 7) is 6.17. The number of nitrogens with zero attached hydrogens (tertiary/aromatic N) is 4. The van der Waals surface area contributed by atoms with Crippen LogP contribution >= 0.6 is 0 Å². The number of hydrogen-bond acceptors (Lipinski definition) is 5. The molecule has 0 saturated carbocycles. The maximum atomic E-state index is 5.30. The zero-order chi connectivity index (χ0) is 13.8. The molecule has 1 N–H and O–H groups in total. The molecule has 2 atom stereocenters. The first-order valence-electron chi connectivity index (χ1n) is 6.25. The maximum absolute atomic E-state index is 5.30. The second kappa shape index (κ2) is 5.79. The highest BCUT2D eigenvalue weighted by atomic mass is 16.5. The molecule has 2 unspecified atom stereocenters. The molecule has 0 saturated heterocycles. The Morgan fingerprint density at radius 2 is 2.11 bits per heavy atom. The molecule has 2 aromatic rings. The summed E-state index contributed by atoms with van der Waals surface area (Å²) in [4.78, 5) is 0. The number of aryl methyl sites for hydroxylation is 1. The van der Waals surface area contributed by atoms with Crippen molar-refractivity contribution in [3.63, 3.8) is 0 Å². The van der Waals surface area contributed by atoms with Crippen molar-refractivity contribution in [2.75, 3.05) is 12.4 Å². The van der Waals surface area contributed by atoms with Crippen LogP contribution in [-0.4, -0.2) is 39.5 Å². The number of benzene rings is 1. The first kappa shape index (κ1) is 13.5. The molecule has 6 nitrogen and oxygen atoms in total. The zero-order valence-corrected chi connectivity index (χ0v) is 11.7. The Bertz CT molecular complexity index is 526. The van der Waals surface area contributed by atoms with Crippen molar-refractivity contribution in [1.82, 2.24) is 20.2 Å². The molecule has 6 heteroatoms. The fourth-order valence-electron chi connectivity index (χ4n) is 1.86. The molecule has 1 aromatic carbocycles. The van der Waals surface area contributed by atoms with E-state index in [2.05, 4.69) is 33.8 Å². The van der Waals surface area contributed by atoms with Crippen molar-refractivity contribution in [3.8, 4) is 5.69 Å². The lowest BCUT2D eigenvalue weighted by atomic mass is 10.1. The minimum absolute atomic E-state index is 0.152. The number of rotatable bonds is 5. The predicted molar refractivity (Wildman–Crippen MR) is 73.4 cm³/mol. The number of tetrazole rings is 1. The van der Waals surface area contributed by atoms with Crippen molar-refractivity contribution < 1.29 is 4.74 Å². The number of methoxy groups -OCH3 is 1. The summed E-state index contributed by atoms with van der Waals surface area (Å²) in [5, 5.41) is 14.6. The minimum atomic E-state index is 0.152. The van der Waals surface area contributed by atoms with E-state index in [1.54, 1.807) is 18.1 Å². The van der Waals surface area contributed by atoms with Gasteiger partial charge >= 0.3 is 0 Å². The van der Waals surface area contributed by atoms with Gasteiger partial charge in [-0.3, -0.25) is 0 Å². The van der Waals surface area contributed by atoms with Crippen LogP contribution in [0.2, 0.25) is 0 Å². The van der Waals surface area contributed by atoms with E-state index in [4.69, 9.17) is 4.74 Å². The lowest BCUT2D eigenvalue weighted by Crippen LogP contribution is -2.29. The lowest BCUT2D eigenvalue weighted by molar-refractivity contribution is 0.106. The van der Waals surface area contributed by atoms with Gasteiger partial charge in [0, 0.05) is 18.8 Å². The minimum Gasteiger partial charge on any atom is -0.380 e. The van der Waals surface area contributed by atoms with Gasteiger partial charge in [0.1, 0.15) is 6.33 Å². The van der Waals surface area contributed by atoms with Crippen molar-refractivity contribution in [1.29, 1.82) is 0 Å². The van der Waals surface area contributed by atoms with E-state index in [9.17, 15) is 0 Å². The number of ether oxygens (including phenoxy) is 1. The summed E-state index contributed by atoms with van der Waals surface area (Å²) in [6, 6.07) is 6.33. The normalized spacial score (nSPS) is 14.1. The van der Waals surface area contributed by atoms with Gasteiger partial charge in [0.15, 0.2) is 0 Å². The average Bonchev–Trinajstić information content (AvgIpc) is 2.91. The van der Waals surface area contributed by atoms with Crippen LogP contribution in [0.3, 0.4) is 0 Å². The largest absolute Gasteiger partial charge is 0.380 e. The van der Waals surface area contributed by atoms with E-state index in [-0.39, 0.29) is 12.1 Å². The van der Waals surface area contributed by atoms with Gasteiger partial charge in [-0.2, -0.15) is 0 Å². The average molecular weight is 261 g/mol. The third-order valence-corrected chi connectivity index (χ3v) is 3.26. The van der Waals surface area contributed by atoms with Crippen molar-refractivity contribution in [2.45, 2.75) is 32.9 Å². The van der Waals surface area contributed by atoms with Gasteiger partial charge in [0.05, 0.1) is 11.8 Å². The number of aromatic nitrogens is 4. The third kappa shape index (κ3) is 3.08. The van der Waals surface area contributed by atoms with Crippen LogP contribution in [-0.2, 0) is 4.74 Å². The molecule has 0 bridgehead atoms. The van der Waals surface area contributed by atoms with E-state index in [0.29, 0.717) is 0 Å². The highest BCUT2D eigenvalue weighted by molar-refractivity contribution is 5.53. The van der Waals surface area contributed by atoms with Crippen LogP contribution in [0, 0.1) is 6.92 Å². The molecule has 0 spiro atoms. The first-order chi connectivity index (χ1) is 9.11. The molecule has 2 rings (SSSR count). The van der Waals surface area contributed by atoms with E-state index in [0.717, 1.165) is 16.9 Å². The second-order valence-corrected chi connectivity index (χ2v) is 4.63. The second-order valence-electron chi connectivity index (χ2n) is 4.63. The highest BCUT2D eigenvalue weighted by Crippen LogP contribution is 2.19. The van der Waals surface area contributed by atoms with Gasteiger partial charge in [0.25, 0.3) is 0 Å². The summed E-state index contributed by atoms with van der Waals surface area (Å²) in [5.41, 5.74) is 3.14. The summed E-state index contributed by atoms with van der Waals surface area (Å²) in [7, 11) is 1.72. The summed E-state index contributed by atoms with van der Waals surface area (Å²) in [6.07, 6.45) is 1.74. The third-order valence-electron chi connectivity index (χ3n) is 3.26. The lowest BCUT2D eigenvalue weighted by Gasteiger charge is -2.21. The summed E-state index contributed by atoms with van der Waals surface area (Å²) >= 11 is 0. The van der Waals surface area contributed by atoms with Crippen molar-refractivity contribution >= 4 is 5.69 Å². The van der Waals surface area contributed by atoms with Gasteiger partial charge in [-0.1, -0.05) is 0 Å². The molecule has 102 valence electrons. The molecule has 0 aliphatic rings. The Morgan fingerprint density at radius 1 is 1.32 bits per heavy atom. The van der Waals surface area contributed by atoms with Crippen molar-refractivity contribution in [2.24, 2.45) is 0 Å². The molecule has 1 heterocycles. The molecule has 19 heavy (non-hydrogen) atoms. The molecular weight excluding hydrogens is 242 g/mol. The highest BCUT2D eigenvalue weighted by Gasteiger charge is 2.11. The van der Waals surface area contributed by atoms with Crippen LogP contribution in [0.15, 0.2) is 24.5 Å². The van der Waals surface area contributed by atoms with Gasteiger partial charge in [-0.15, -0.1) is 5.10 Å². The monoisotopic (exact) mass is 261 g/mol. The van der Waals surface area contributed by atoms with Crippen LogP contribution in [0.25, 0.3) is 5.69 Å². The maximum Gasteiger partial charge on any atom is 0.143 e. The molecule has 0 aliphatic heterocycles. The number of nitrogens with one attached hydrogen (secondary N) is 1. The molecule has 0 fully saturated rings. The Morgan fingerprint density at radius 3 is 2.68 bits per heavy atom. The molecule has 0 radical (unpaired) electrons. The number of anilines is 1. The van der Waals surface area contributed by atoms with Crippen LogP contribution in [0.1, 0.15) is 19.4 Å². The topological polar surface area (TPSA) is 64.9 Å². The molecular formula is C13H19N5O. The summed E-state index contributed by atoms with van der Waals surface area (Å²) < 4.78 is 6.96. The van der Waals surface area contributed by atoms with Gasteiger partial charge in [0.2, 0.25) is 0 Å². The van der Waals surface area contributed by atoms with Crippen molar-refractivity contribution in [3.05, 3.63) is 30.1 Å². The number of hydrogen-bond donors (Lipinski definition) is 1. The van der Waals surface area contributed by atoms with E-state index in [1.165, 1.54) is 0 Å². The van der Waals surface area contributed by atoms with Crippen LogP contribution < -0.4 is 5.32 Å². The Balaban J connectivity index is 2.15. The molecule has 1 aromatic heterocycles. The summed E-state index contributed by atoms with van der Waals surface area (Å²) in [5.74, 6) is 0. The van der Waals surface area contributed by atoms with Gasteiger partial charge < -0.3 is 10.1 Å². The Labute approximate surface area is 112 Å². The van der Waals surface area contributed by atoms with Crippen LogP contribution in [0.5, 0.6) is 0 Å². The molecule has 0 aliphatic carbocycles. The SMILES string of the molecule is COC(C)C(C)Nc1ccc(-n2cnnn2)c(C)c1. The first-order valence-corrected chi connectivity index (χ1v) is 6.25. The fraction of sp³-hybridized carbons (Fsp3) is 0.462. The predicted octanol–water partition coefficient (Wildman–Crippen LogP) is 1.81. The Hall–Kier alpha value is -1.95. The van der Waals surface area contributed by atoms with E-state index < -0.39 is 0 Å². The van der Waals surface area contributed by atoms with E-state index >= 15 is 0 Å². The zero-order valence-electron chi connectivity index (χ0n) is 11.7. The quantitative estimate of drug-likeness (QED) is 0.889. The standard InChI is InChI=1S/C13H19N5O/c1-9-7-12(15-10(2)11(3)19-4)5-6-13(9)18-8-14-16-17-18/h5-8,10-11,15H,1-4H3. The van der Waals surface area contributed by atoms with Gasteiger partial charge in [-0.05, 0) is 55.0 Å². The molecule has 0 amide bonds. The van der Waals surface area contributed by atoms with Gasteiger partial charge in [-0.25, -0.2) is 4.68 Å². The smallest absolute Gasteiger partial charge is 0.143 e. The fourth-order valence-corrected chi connectivity index (χ4v) is 1.86. The van der Waals surface area contributed by atoms with E-state index in [1.807, 2.05) is 26.0 Å². The van der Waals surface area contributed by atoms with Crippen LogP contribution in [0.4, 0.5) is 5.69 Å². The Kier molecular flexibility index (Phi) is 4.11.